The zero-order chi connectivity index (χ0) is 20.3. The van der Waals surface area contributed by atoms with Gasteiger partial charge in [0, 0.05) is 17.4 Å². The number of carbonyl (C=O) groups is 1. The molecular formula is C25H42BrNO. The van der Waals surface area contributed by atoms with Crippen molar-refractivity contribution in [2.45, 2.75) is 116 Å². The molecule has 0 radical (unpaired) electrons. The predicted molar refractivity (Wildman–Crippen MR) is 126 cm³/mol. The highest BCUT2D eigenvalue weighted by Crippen LogP contribution is 2.14. The first-order valence-corrected chi connectivity index (χ1v) is 12.5. The zero-order valence-corrected chi connectivity index (χ0v) is 19.7. The summed E-state index contributed by atoms with van der Waals surface area (Å²) < 4.78 is 1.07. The normalized spacial score (nSPS) is 10.9. The molecule has 0 saturated heterocycles. The quantitative estimate of drug-likeness (QED) is 0.223. The molecule has 0 bridgehead atoms. The molecule has 0 aliphatic rings. The van der Waals surface area contributed by atoms with Gasteiger partial charge in [0.15, 0.2) is 0 Å². The van der Waals surface area contributed by atoms with Crippen LogP contribution in [0.4, 0.5) is 0 Å². The molecule has 0 spiro atoms. The van der Waals surface area contributed by atoms with Crippen molar-refractivity contribution < 1.29 is 4.79 Å². The van der Waals surface area contributed by atoms with Crippen LogP contribution in [0.1, 0.15) is 115 Å². The Morgan fingerprint density at radius 2 is 1.14 bits per heavy atom. The molecule has 0 aliphatic heterocycles. The third-order valence-corrected chi connectivity index (χ3v) is 5.94. The number of rotatable bonds is 18. The van der Waals surface area contributed by atoms with Crippen LogP contribution in [0.3, 0.4) is 0 Å². The van der Waals surface area contributed by atoms with Crippen LogP contribution < -0.4 is 5.32 Å². The lowest BCUT2D eigenvalue weighted by Gasteiger charge is -2.06. The van der Waals surface area contributed by atoms with Crippen LogP contribution in [-0.2, 0) is 11.3 Å². The van der Waals surface area contributed by atoms with E-state index in [1.165, 1.54) is 89.9 Å². The minimum Gasteiger partial charge on any atom is -0.352 e. The van der Waals surface area contributed by atoms with Crippen LogP contribution >= 0.6 is 15.9 Å². The van der Waals surface area contributed by atoms with E-state index in [-0.39, 0.29) is 5.91 Å². The molecule has 3 heteroatoms. The Labute approximate surface area is 182 Å². The highest BCUT2D eigenvalue weighted by atomic mass is 79.9. The number of hydrogen-bond acceptors (Lipinski definition) is 1. The minimum atomic E-state index is 0.178. The highest BCUT2D eigenvalue weighted by Gasteiger charge is 2.01. The van der Waals surface area contributed by atoms with Crippen molar-refractivity contribution in [2.24, 2.45) is 0 Å². The molecule has 1 amide bonds. The number of hydrogen-bond donors (Lipinski definition) is 1. The van der Waals surface area contributed by atoms with Crippen molar-refractivity contribution >= 4 is 21.8 Å². The molecular weight excluding hydrogens is 410 g/mol. The first kappa shape index (κ1) is 25.2. The van der Waals surface area contributed by atoms with E-state index in [1.807, 2.05) is 24.3 Å². The highest BCUT2D eigenvalue weighted by molar-refractivity contribution is 9.10. The van der Waals surface area contributed by atoms with Crippen molar-refractivity contribution in [3.05, 3.63) is 34.3 Å². The summed E-state index contributed by atoms with van der Waals surface area (Å²) in [7, 11) is 0. The Morgan fingerprint density at radius 1 is 0.714 bits per heavy atom. The molecule has 0 fully saturated rings. The maximum Gasteiger partial charge on any atom is 0.220 e. The summed E-state index contributed by atoms with van der Waals surface area (Å²) >= 11 is 3.43. The van der Waals surface area contributed by atoms with E-state index >= 15 is 0 Å². The summed E-state index contributed by atoms with van der Waals surface area (Å²) in [5.74, 6) is 0.178. The molecule has 160 valence electrons. The average molecular weight is 453 g/mol. The average Bonchev–Trinajstić information content (AvgIpc) is 2.70. The van der Waals surface area contributed by atoms with Gasteiger partial charge in [0.1, 0.15) is 0 Å². The molecule has 1 aromatic carbocycles. The van der Waals surface area contributed by atoms with Crippen LogP contribution in [0.2, 0.25) is 0 Å². The van der Waals surface area contributed by atoms with E-state index in [4.69, 9.17) is 0 Å². The number of amides is 1. The maximum absolute atomic E-state index is 11.9. The Kier molecular flexibility index (Phi) is 16.4. The maximum atomic E-state index is 11.9. The topological polar surface area (TPSA) is 29.1 Å². The third kappa shape index (κ3) is 15.1. The summed E-state index contributed by atoms with van der Waals surface area (Å²) in [5.41, 5.74) is 1.15. The molecule has 0 heterocycles. The number of unbranched alkanes of at least 4 members (excludes halogenated alkanes) is 14. The smallest absolute Gasteiger partial charge is 0.220 e. The van der Waals surface area contributed by atoms with Crippen molar-refractivity contribution in [3.63, 3.8) is 0 Å². The second kappa shape index (κ2) is 18.2. The largest absolute Gasteiger partial charge is 0.352 e. The van der Waals surface area contributed by atoms with E-state index in [0.717, 1.165) is 16.5 Å². The fourth-order valence-corrected chi connectivity index (χ4v) is 3.81. The van der Waals surface area contributed by atoms with Crippen molar-refractivity contribution in [2.75, 3.05) is 0 Å². The molecule has 0 atom stereocenters. The Morgan fingerprint density at radius 3 is 1.61 bits per heavy atom. The SMILES string of the molecule is CCCCCCCCCCCCCCCCCC(=O)NCc1ccc(Br)cc1. The Bertz CT molecular complexity index is 486. The van der Waals surface area contributed by atoms with Gasteiger partial charge in [-0.1, -0.05) is 125 Å². The Hall–Kier alpha value is -0.830. The van der Waals surface area contributed by atoms with Crippen molar-refractivity contribution in [3.8, 4) is 0 Å². The van der Waals surface area contributed by atoms with Gasteiger partial charge >= 0.3 is 0 Å². The summed E-state index contributed by atoms with van der Waals surface area (Å²) in [5, 5.41) is 3.01. The van der Waals surface area contributed by atoms with Crippen molar-refractivity contribution in [1.29, 1.82) is 0 Å². The number of benzene rings is 1. The van der Waals surface area contributed by atoms with Crippen molar-refractivity contribution in [1.82, 2.24) is 5.32 Å². The Balaban J connectivity index is 1.80. The number of nitrogens with one attached hydrogen (secondary N) is 1. The summed E-state index contributed by atoms with van der Waals surface area (Å²) in [4.78, 5) is 11.9. The van der Waals surface area contributed by atoms with Gasteiger partial charge in [0.05, 0.1) is 0 Å². The van der Waals surface area contributed by atoms with Crippen LogP contribution in [0.15, 0.2) is 28.7 Å². The van der Waals surface area contributed by atoms with E-state index in [2.05, 4.69) is 28.2 Å². The lowest BCUT2D eigenvalue weighted by molar-refractivity contribution is -0.121. The van der Waals surface area contributed by atoms with Gasteiger partial charge in [-0.3, -0.25) is 4.79 Å². The summed E-state index contributed by atoms with van der Waals surface area (Å²) in [6, 6.07) is 8.10. The fourth-order valence-electron chi connectivity index (χ4n) is 3.55. The second-order valence-corrected chi connectivity index (χ2v) is 9.02. The molecule has 2 nitrogen and oxygen atoms in total. The summed E-state index contributed by atoms with van der Waals surface area (Å²) in [6.07, 6.45) is 21.0. The van der Waals surface area contributed by atoms with E-state index < -0.39 is 0 Å². The molecule has 28 heavy (non-hydrogen) atoms. The molecule has 0 saturated carbocycles. The first-order valence-electron chi connectivity index (χ1n) is 11.7. The fraction of sp³-hybridized carbons (Fsp3) is 0.720. The summed E-state index contributed by atoms with van der Waals surface area (Å²) in [6.45, 7) is 2.91. The standard InChI is InChI=1S/C25H42BrNO/c1-2-3-4-5-6-7-8-9-10-11-12-13-14-15-16-17-25(28)27-22-23-18-20-24(26)21-19-23/h18-21H,2-17,22H2,1H3,(H,27,28). The van der Waals surface area contributed by atoms with Gasteiger partial charge in [-0.15, -0.1) is 0 Å². The van der Waals surface area contributed by atoms with E-state index in [0.29, 0.717) is 13.0 Å². The van der Waals surface area contributed by atoms with E-state index in [1.54, 1.807) is 0 Å². The molecule has 1 rings (SSSR count). The number of halogens is 1. The van der Waals surface area contributed by atoms with Crippen LogP contribution in [0.25, 0.3) is 0 Å². The van der Waals surface area contributed by atoms with Gasteiger partial charge in [-0.05, 0) is 24.1 Å². The van der Waals surface area contributed by atoms with Gasteiger partial charge < -0.3 is 5.32 Å². The van der Waals surface area contributed by atoms with Gasteiger partial charge in [-0.25, -0.2) is 0 Å². The molecule has 0 unspecified atom stereocenters. The van der Waals surface area contributed by atoms with Gasteiger partial charge in [-0.2, -0.15) is 0 Å². The van der Waals surface area contributed by atoms with Gasteiger partial charge in [0.25, 0.3) is 0 Å². The minimum absolute atomic E-state index is 0.178. The molecule has 0 aromatic heterocycles. The number of carbonyl (C=O) groups excluding carboxylic acids is 1. The molecule has 1 N–H and O–H groups in total. The third-order valence-electron chi connectivity index (χ3n) is 5.41. The van der Waals surface area contributed by atoms with E-state index in [9.17, 15) is 4.79 Å². The van der Waals surface area contributed by atoms with Crippen LogP contribution in [0, 0.1) is 0 Å². The first-order chi connectivity index (χ1) is 13.7. The van der Waals surface area contributed by atoms with Gasteiger partial charge in [0.2, 0.25) is 5.91 Å². The van der Waals surface area contributed by atoms with Crippen LogP contribution in [0.5, 0.6) is 0 Å². The molecule has 1 aromatic rings. The monoisotopic (exact) mass is 451 g/mol. The lowest BCUT2D eigenvalue weighted by atomic mass is 10.0. The lowest BCUT2D eigenvalue weighted by Crippen LogP contribution is -2.22. The molecule has 0 aliphatic carbocycles. The predicted octanol–water partition coefficient (Wildman–Crippen LogP) is 8.33. The van der Waals surface area contributed by atoms with Crippen LogP contribution in [-0.4, -0.2) is 5.91 Å². The second-order valence-electron chi connectivity index (χ2n) is 8.10. The zero-order valence-electron chi connectivity index (χ0n) is 18.1.